The Balaban J connectivity index is 1.38. The van der Waals surface area contributed by atoms with Crippen molar-refractivity contribution in [2.75, 3.05) is 20.8 Å². The lowest BCUT2D eigenvalue weighted by Gasteiger charge is -2.42. The van der Waals surface area contributed by atoms with Crippen molar-refractivity contribution in [3.05, 3.63) is 11.6 Å². The van der Waals surface area contributed by atoms with Gasteiger partial charge in [-0.1, -0.05) is 11.6 Å². The van der Waals surface area contributed by atoms with Crippen LogP contribution in [0.4, 0.5) is 4.79 Å². The molecule has 7 heteroatoms. The van der Waals surface area contributed by atoms with Crippen LogP contribution in [0.1, 0.15) is 65.7 Å². The number of hydrogen-bond donors (Lipinski definition) is 2. The van der Waals surface area contributed by atoms with E-state index in [-0.39, 0.29) is 47.6 Å². The lowest BCUT2D eigenvalue weighted by molar-refractivity contribution is -0.118. The van der Waals surface area contributed by atoms with Crippen molar-refractivity contribution in [3.63, 3.8) is 0 Å². The van der Waals surface area contributed by atoms with Crippen LogP contribution in [-0.4, -0.2) is 68.5 Å². The molecule has 1 amide bonds. The van der Waals surface area contributed by atoms with Gasteiger partial charge in [0.2, 0.25) is 0 Å². The van der Waals surface area contributed by atoms with E-state index >= 15 is 0 Å². The number of nitrogens with one attached hydrogen (secondary N) is 2. The van der Waals surface area contributed by atoms with E-state index in [1.165, 1.54) is 5.57 Å². The van der Waals surface area contributed by atoms with Crippen LogP contribution in [0.5, 0.6) is 0 Å². The predicted molar refractivity (Wildman–Crippen MR) is 118 cm³/mol. The van der Waals surface area contributed by atoms with Gasteiger partial charge in [0.1, 0.15) is 23.4 Å². The Morgan fingerprint density at radius 2 is 1.84 bits per heavy atom. The number of hydrogen-bond acceptors (Lipinski definition) is 6. The smallest absolute Gasteiger partial charge is 0.407 e. The fourth-order valence-corrected chi connectivity index (χ4v) is 5.93. The van der Waals surface area contributed by atoms with Crippen LogP contribution in [0.15, 0.2) is 11.6 Å². The van der Waals surface area contributed by atoms with Crippen molar-refractivity contribution in [2.24, 2.45) is 5.92 Å². The van der Waals surface area contributed by atoms with Crippen molar-refractivity contribution in [1.29, 1.82) is 0 Å². The maximum atomic E-state index is 12.7. The number of epoxide rings is 2. The minimum Gasteiger partial charge on any atom is -0.443 e. The molecule has 2 N–H and O–H groups in total. The lowest BCUT2D eigenvalue weighted by atomic mass is 9.68. The summed E-state index contributed by atoms with van der Waals surface area (Å²) in [4.78, 5) is 12.7. The van der Waals surface area contributed by atoms with E-state index in [0.29, 0.717) is 6.04 Å². The van der Waals surface area contributed by atoms with E-state index in [0.717, 1.165) is 51.6 Å². The van der Waals surface area contributed by atoms with Crippen LogP contribution in [0.3, 0.4) is 0 Å². The van der Waals surface area contributed by atoms with Crippen LogP contribution >= 0.6 is 0 Å². The van der Waals surface area contributed by atoms with Crippen LogP contribution in [0.2, 0.25) is 0 Å². The third-order valence-electron chi connectivity index (χ3n) is 7.95. The summed E-state index contributed by atoms with van der Waals surface area (Å²) >= 11 is 0. The number of carbonyl (C=O) groups is 1. The lowest BCUT2D eigenvalue weighted by Crippen LogP contribution is -2.56. The molecule has 2 aliphatic heterocycles. The second-order valence-corrected chi connectivity index (χ2v) is 10.3. The molecule has 6 atom stereocenters. The highest BCUT2D eigenvalue weighted by molar-refractivity contribution is 5.68. The van der Waals surface area contributed by atoms with E-state index in [4.69, 9.17) is 18.9 Å². The quantitative estimate of drug-likeness (QED) is 0.470. The molecular formula is C24H40N2O5. The zero-order chi connectivity index (χ0) is 22.2. The molecule has 0 aromatic carbocycles. The van der Waals surface area contributed by atoms with E-state index in [9.17, 15) is 4.79 Å². The Labute approximate surface area is 186 Å². The molecule has 4 rings (SSSR count). The van der Waals surface area contributed by atoms with Crippen molar-refractivity contribution in [3.8, 4) is 0 Å². The number of allylic oxidation sites excluding steroid dienone is 1. The topological polar surface area (TPSA) is 84.7 Å². The van der Waals surface area contributed by atoms with Crippen LogP contribution in [0.25, 0.3) is 0 Å². The average molecular weight is 437 g/mol. The number of amides is 1. The third-order valence-corrected chi connectivity index (χ3v) is 7.95. The Morgan fingerprint density at radius 3 is 2.42 bits per heavy atom. The molecule has 1 spiro atoms. The maximum absolute atomic E-state index is 12.7. The first-order valence-electron chi connectivity index (χ1n) is 11.9. The molecule has 2 aliphatic carbocycles. The van der Waals surface area contributed by atoms with Crippen LogP contribution < -0.4 is 10.6 Å². The van der Waals surface area contributed by atoms with Gasteiger partial charge in [-0.2, -0.15) is 0 Å². The SMILES string of the molecule is CN[C@H]1CC[C@H](NC(=O)OC2CC[C@]3(CO3)C([C@@]3(C)O[C@@H]3CC=C(C)C)C2OC)CC1. The summed E-state index contributed by atoms with van der Waals surface area (Å²) < 4.78 is 24.1. The van der Waals surface area contributed by atoms with Crippen LogP contribution in [-0.2, 0) is 18.9 Å². The number of methoxy groups -OCH3 is 1. The van der Waals surface area contributed by atoms with Gasteiger partial charge in [0.25, 0.3) is 0 Å². The highest BCUT2D eigenvalue weighted by atomic mass is 16.6. The summed E-state index contributed by atoms with van der Waals surface area (Å²) in [6, 6.07) is 0.743. The number of carbonyl (C=O) groups excluding carboxylic acids is 1. The van der Waals surface area contributed by atoms with Gasteiger partial charge in [-0.25, -0.2) is 4.79 Å². The summed E-state index contributed by atoms with van der Waals surface area (Å²) in [5, 5.41) is 6.41. The largest absolute Gasteiger partial charge is 0.443 e. The molecule has 176 valence electrons. The van der Waals surface area contributed by atoms with E-state index < -0.39 is 0 Å². The molecule has 31 heavy (non-hydrogen) atoms. The van der Waals surface area contributed by atoms with Gasteiger partial charge in [-0.15, -0.1) is 0 Å². The van der Waals surface area contributed by atoms with E-state index in [2.05, 4.69) is 37.5 Å². The fourth-order valence-electron chi connectivity index (χ4n) is 5.93. The number of ether oxygens (including phenoxy) is 4. The molecule has 3 unspecified atom stereocenters. The average Bonchev–Trinajstić information content (AvgIpc) is 3.65. The summed E-state index contributed by atoms with van der Waals surface area (Å²) in [5.41, 5.74) is 0.785. The van der Waals surface area contributed by atoms with E-state index in [1.54, 1.807) is 7.11 Å². The maximum Gasteiger partial charge on any atom is 0.407 e. The zero-order valence-electron chi connectivity index (χ0n) is 19.7. The first-order valence-corrected chi connectivity index (χ1v) is 11.9. The Bertz CT molecular complexity index is 681. The molecule has 4 aliphatic rings. The Morgan fingerprint density at radius 1 is 1.16 bits per heavy atom. The second kappa shape index (κ2) is 9.00. The van der Waals surface area contributed by atoms with Crippen molar-refractivity contribution in [2.45, 2.75) is 107 Å². The standard InChI is InChI=1S/C24H40N2O5/c1-15(2)6-11-19-23(3,31-19)21-20(28-5)18(12-13-24(21)14-29-24)30-22(27)26-17-9-7-16(25-4)8-10-17/h6,16-21,25H,7-14H2,1-5H3,(H,26,27)/t16-,17-,18?,19-,20?,21?,23+,24+/m1/s1. The molecule has 2 heterocycles. The first-order chi connectivity index (χ1) is 14.8. The molecular weight excluding hydrogens is 396 g/mol. The minimum absolute atomic E-state index is 0.0539. The monoisotopic (exact) mass is 436 g/mol. The normalized spacial score (nSPS) is 43.9. The molecule has 2 saturated heterocycles. The van der Waals surface area contributed by atoms with Gasteiger partial charge in [-0.3, -0.25) is 0 Å². The summed E-state index contributed by atoms with van der Waals surface area (Å²) in [6.07, 6.45) is 8.18. The van der Waals surface area contributed by atoms with Gasteiger partial charge in [0, 0.05) is 19.2 Å². The van der Waals surface area contributed by atoms with Crippen molar-refractivity contribution >= 4 is 6.09 Å². The summed E-state index contributed by atoms with van der Waals surface area (Å²) in [6.45, 7) is 7.12. The summed E-state index contributed by atoms with van der Waals surface area (Å²) in [5.74, 6) is 0.0539. The molecule has 4 fully saturated rings. The van der Waals surface area contributed by atoms with Gasteiger partial charge < -0.3 is 29.6 Å². The molecule has 0 radical (unpaired) electrons. The third kappa shape index (κ3) is 4.80. The molecule has 0 bridgehead atoms. The molecule has 2 saturated carbocycles. The van der Waals surface area contributed by atoms with Gasteiger partial charge in [-0.05, 0) is 72.8 Å². The van der Waals surface area contributed by atoms with Crippen LogP contribution in [0, 0.1) is 5.92 Å². The second-order valence-electron chi connectivity index (χ2n) is 10.3. The fraction of sp³-hybridized carbons (Fsp3) is 0.875. The summed E-state index contributed by atoms with van der Waals surface area (Å²) in [7, 11) is 3.71. The first kappa shape index (κ1) is 23.0. The highest BCUT2D eigenvalue weighted by Gasteiger charge is 2.72. The van der Waals surface area contributed by atoms with Crippen molar-refractivity contribution in [1.82, 2.24) is 10.6 Å². The van der Waals surface area contributed by atoms with Gasteiger partial charge in [0.15, 0.2) is 0 Å². The Kier molecular flexibility index (Phi) is 6.69. The molecule has 0 aromatic heterocycles. The highest BCUT2D eigenvalue weighted by Crippen LogP contribution is 2.59. The number of rotatable bonds is 7. The predicted octanol–water partition coefficient (Wildman–Crippen LogP) is 3.32. The molecule has 7 nitrogen and oxygen atoms in total. The minimum atomic E-state index is -0.325. The van der Waals surface area contributed by atoms with E-state index in [1.807, 2.05) is 7.05 Å². The Hall–Kier alpha value is -1.15. The molecule has 0 aromatic rings. The van der Waals surface area contributed by atoms with Gasteiger partial charge in [0.05, 0.1) is 18.6 Å². The zero-order valence-corrected chi connectivity index (χ0v) is 19.7. The van der Waals surface area contributed by atoms with Gasteiger partial charge >= 0.3 is 6.09 Å². The number of alkyl carbamates (subject to hydrolysis) is 1. The van der Waals surface area contributed by atoms with Crippen molar-refractivity contribution < 1.29 is 23.7 Å².